The van der Waals surface area contributed by atoms with Crippen LogP contribution in [0.2, 0.25) is 0 Å². The van der Waals surface area contributed by atoms with Crippen LogP contribution in [-0.2, 0) is 4.79 Å². The van der Waals surface area contributed by atoms with E-state index in [1.165, 1.54) is 5.56 Å². The Hall–Kier alpha value is -1.60. The van der Waals surface area contributed by atoms with Gasteiger partial charge in [-0.3, -0.25) is 14.7 Å². The van der Waals surface area contributed by atoms with Crippen molar-refractivity contribution in [2.24, 2.45) is 4.99 Å². The zero-order chi connectivity index (χ0) is 18.2. The number of amides is 1. The maximum atomic E-state index is 11.9. The van der Waals surface area contributed by atoms with Crippen molar-refractivity contribution in [2.75, 3.05) is 46.3 Å². The van der Waals surface area contributed by atoms with Crippen LogP contribution in [0.15, 0.2) is 21.8 Å². The van der Waals surface area contributed by atoms with Gasteiger partial charge in [0.25, 0.3) is 0 Å². The molecule has 0 saturated carbocycles. The Morgan fingerprint density at radius 3 is 2.56 bits per heavy atom. The summed E-state index contributed by atoms with van der Waals surface area (Å²) in [5.74, 6) is 1.52. The van der Waals surface area contributed by atoms with Crippen molar-refractivity contribution in [3.8, 4) is 0 Å². The maximum Gasteiger partial charge on any atom is 0.234 e. The lowest BCUT2D eigenvalue weighted by Gasteiger charge is -2.36. The van der Waals surface area contributed by atoms with Crippen LogP contribution in [0.3, 0.4) is 0 Å². The Labute approximate surface area is 155 Å². The SMILES string of the molecule is CN=C(NCC(C)c1ccsc1)N1CCN(CC(=O)NC(C)C)CC1. The van der Waals surface area contributed by atoms with Gasteiger partial charge in [-0.05, 0) is 42.2 Å². The van der Waals surface area contributed by atoms with Gasteiger partial charge in [-0.15, -0.1) is 0 Å². The first-order valence-corrected chi connectivity index (χ1v) is 9.93. The summed E-state index contributed by atoms with van der Waals surface area (Å²) in [6.45, 7) is 11.1. The second-order valence-corrected chi connectivity index (χ2v) is 7.65. The van der Waals surface area contributed by atoms with E-state index in [1.807, 2.05) is 20.9 Å². The Kier molecular flexibility index (Phi) is 7.71. The van der Waals surface area contributed by atoms with Gasteiger partial charge in [0.15, 0.2) is 5.96 Å². The van der Waals surface area contributed by atoms with Crippen molar-refractivity contribution in [3.63, 3.8) is 0 Å². The molecular weight excluding hydrogens is 334 g/mol. The number of hydrogen-bond donors (Lipinski definition) is 2. The first-order valence-electron chi connectivity index (χ1n) is 8.99. The molecule has 0 radical (unpaired) electrons. The number of carbonyl (C=O) groups is 1. The van der Waals surface area contributed by atoms with Crippen molar-refractivity contribution in [3.05, 3.63) is 22.4 Å². The van der Waals surface area contributed by atoms with Crippen LogP contribution < -0.4 is 10.6 Å². The average Bonchev–Trinajstić information content (AvgIpc) is 3.10. The fourth-order valence-corrected chi connectivity index (χ4v) is 3.72. The van der Waals surface area contributed by atoms with E-state index in [-0.39, 0.29) is 11.9 Å². The third kappa shape index (κ3) is 6.32. The monoisotopic (exact) mass is 365 g/mol. The van der Waals surface area contributed by atoms with E-state index in [0.29, 0.717) is 12.5 Å². The number of aliphatic imine (C=N–C) groups is 1. The Balaban J connectivity index is 1.75. The maximum absolute atomic E-state index is 11.9. The third-order valence-electron chi connectivity index (χ3n) is 4.38. The summed E-state index contributed by atoms with van der Waals surface area (Å²) in [4.78, 5) is 20.8. The minimum Gasteiger partial charge on any atom is -0.356 e. The molecule has 1 atom stereocenters. The summed E-state index contributed by atoms with van der Waals surface area (Å²) < 4.78 is 0. The summed E-state index contributed by atoms with van der Waals surface area (Å²) >= 11 is 1.74. The molecule has 25 heavy (non-hydrogen) atoms. The molecule has 2 heterocycles. The molecule has 0 spiro atoms. The van der Waals surface area contributed by atoms with E-state index in [1.54, 1.807) is 11.3 Å². The number of guanidine groups is 1. The summed E-state index contributed by atoms with van der Waals surface area (Å²) in [5, 5.41) is 10.8. The minimum absolute atomic E-state index is 0.107. The summed E-state index contributed by atoms with van der Waals surface area (Å²) in [5.41, 5.74) is 1.37. The molecule has 1 aliphatic heterocycles. The molecule has 7 heteroatoms. The summed E-state index contributed by atoms with van der Waals surface area (Å²) in [7, 11) is 1.83. The van der Waals surface area contributed by atoms with Crippen LogP contribution >= 0.6 is 11.3 Å². The quantitative estimate of drug-likeness (QED) is 0.593. The van der Waals surface area contributed by atoms with Gasteiger partial charge >= 0.3 is 0 Å². The van der Waals surface area contributed by atoms with Gasteiger partial charge in [0, 0.05) is 45.8 Å². The topological polar surface area (TPSA) is 60.0 Å². The van der Waals surface area contributed by atoms with Gasteiger partial charge in [0.1, 0.15) is 0 Å². The number of hydrogen-bond acceptors (Lipinski definition) is 4. The molecule has 2 N–H and O–H groups in total. The molecule has 6 nitrogen and oxygen atoms in total. The zero-order valence-corrected chi connectivity index (χ0v) is 16.6. The molecular formula is C18H31N5OS. The molecule has 1 aliphatic rings. The van der Waals surface area contributed by atoms with Crippen LogP contribution in [0.5, 0.6) is 0 Å². The molecule has 0 bridgehead atoms. The van der Waals surface area contributed by atoms with E-state index in [9.17, 15) is 4.79 Å². The highest BCUT2D eigenvalue weighted by Crippen LogP contribution is 2.17. The van der Waals surface area contributed by atoms with Gasteiger partial charge in [-0.2, -0.15) is 11.3 Å². The first-order chi connectivity index (χ1) is 12.0. The van der Waals surface area contributed by atoms with Gasteiger partial charge < -0.3 is 15.5 Å². The molecule has 1 saturated heterocycles. The standard InChI is InChI=1S/C18H31N5OS/c1-14(2)21-17(24)12-22-6-8-23(9-7-22)18(19-4)20-11-15(3)16-5-10-25-13-16/h5,10,13-15H,6-9,11-12H2,1-4H3,(H,19,20)(H,21,24). The largest absolute Gasteiger partial charge is 0.356 e. The molecule has 1 aromatic heterocycles. The Morgan fingerprint density at radius 2 is 2.00 bits per heavy atom. The molecule has 1 fully saturated rings. The number of piperazine rings is 1. The zero-order valence-electron chi connectivity index (χ0n) is 15.8. The predicted molar refractivity (Wildman–Crippen MR) is 105 cm³/mol. The lowest BCUT2D eigenvalue weighted by molar-refractivity contribution is -0.123. The van der Waals surface area contributed by atoms with Crippen LogP contribution in [0.25, 0.3) is 0 Å². The highest BCUT2D eigenvalue weighted by molar-refractivity contribution is 7.07. The molecule has 140 valence electrons. The minimum atomic E-state index is 0.107. The highest BCUT2D eigenvalue weighted by atomic mass is 32.1. The number of nitrogens with zero attached hydrogens (tertiary/aromatic N) is 3. The van der Waals surface area contributed by atoms with Crippen LogP contribution in [0.1, 0.15) is 32.3 Å². The van der Waals surface area contributed by atoms with E-state index < -0.39 is 0 Å². The van der Waals surface area contributed by atoms with E-state index in [2.05, 4.69) is 49.2 Å². The fourth-order valence-electron chi connectivity index (χ4n) is 2.94. The molecule has 1 amide bonds. The number of carbonyl (C=O) groups excluding carboxylic acids is 1. The number of nitrogens with one attached hydrogen (secondary N) is 2. The second-order valence-electron chi connectivity index (χ2n) is 6.87. The molecule has 1 unspecified atom stereocenters. The molecule has 2 rings (SSSR count). The van der Waals surface area contributed by atoms with E-state index in [4.69, 9.17) is 0 Å². The van der Waals surface area contributed by atoms with Crippen LogP contribution in [0, 0.1) is 0 Å². The summed E-state index contributed by atoms with van der Waals surface area (Å²) in [6, 6.07) is 2.38. The van der Waals surface area contributed by atoms with Gasteiger partial charge in [-0.25, -0.2) is 0 Å². The Morgan fingerprint density at radius 1 is 1.28 bits per heavy atom. The normalized spacial score (nSPS) is 17.6. The smallest absolute Gasteiger partial charge is 0.234 e. The number of rotatable bonds is 6. The third-order valence-corrected chi connectivity index (χ3v) is 5.08. The van der Waals surface area contributed by atoms with Crippen molar-refractivity contribution in [1.29, 1.82) is 0 Å². The van der Waals surface area contributed by atoms with Crippen molar-refractivity contribution in [2.45, 2.75) is 32.7 Å². The lowest BCUT2D eigenvalue weighted by Crippen LogP contribution is -2.54. The fraction of sp³-hybridized carbons (Fsp3) is 0.667. The second kappa shape index (κ2) is 9.77. The average molecular weight is 366 g/mol. The van der Waals surface area contributed by atoms with E-state index in [0.717, 1.165) is 38.7 Å². The van der Waals surface area contributed by atoms with Crippen molar-refractivity contribution in [1.82, 2.24) is 20.4 Å². The van der Waals surface area contributed by atoms with Crippen LogP contribution in [-0.4, -0.2) is 74.0 Å². The summed E-state index contributed by atoms with van der Waals surface area (Å²) in [6.07, 6.45) is 0. The molecule has 0 aromatic carbocycles. The van der Waals surface area contributed by atoms with Crippen LogP contribution in [0.4, 0.5) is 0 Å². The molecule has 1 aromatic rings. The molecule has 0 aliphatic carbocycles. The van der Waals surface area contributed by atoms with Gasteiger partial charge in [0.05, 0.1) is 6.54 Å². The lowest BCUT2D eigenvalue weighted by atomic mass is 10.1. The number of thiophene rings is 1. The van der Waals surface area contributed by atoms with Gasteiger partial charge in [0.2, 0.25) is 5.91 Å². The van der Waals surface area contributed by atoms with Crippen molar-refractivity contribution >= 4 is 23.2 Å². The van der Waals surface area contributed by atoms with Gasteiger partial charge in [-0.1, -0.05) is 6.92 Å². The van der Waals surface area contributed by atoms with Crippen molar-refractivity contribution < 1.29 is 4.79 Å². The Bertz CT molecular complexity index is 550. The highest BCUT2D eigenvalue weighted by Gasteiger charge is 2.21. The predicted octanol–water partition coefficient (Wildman–Crippen LogP) is 1.57. The van der Waals surface area contributed by atoms with E-state index >= 15 is 0 Å². The first kappa shape index (κ1) is 19.7.